The Balaban J connectivity index is 1.72. The highest BCUT2D eigenvalue weighted by atomic mass is 32.2. The van der Waals surface area contributed by atoms with Crippen LogP contribution in [0.15, 0.2) is 4.40 Å². The Hall–Kier alpha value is -0.470. The maximum absolute atomic E-state index is 14.2. The Labute approximate surface area is 189 Å². The molecule has 0 aromatic rings. The van der Waals surface area contributed by atoms with Gasteiger partial charge in [-0.05, 0) is 56.3 Å². The first kappa shape index (κ1) is 23.7. The summed E-state index contributed by atoms with van der Waals surface area (Å²) in [5.74, 6) is 0.325. The van der Waals surface area contributed by atoms with E-state index in [1.54, 1.807) is 0 Å². The molecular formula is C23H40N2O4S2. The minimum atomic E-state index is -3.56. The second-order valence-electron chi connectivity index (χ2n) is 11.2. The van der Waals surface area contributed by atoms with Gasteiger partial charge in [0.15, 0.2) is 0 Å². The number of sulfonamides is 2. The third-order valence-corrected chi connectivity index (χ3v) is 11.7. The summed E-state index contributed by atoms with van der Waals surface area (Å²) in [7, 11) is -7.11. The van der Waals surface area contributed by atoms with Crippen molar-refractivity contribution in [3.63, 3.8) is 0 Å². The van der Waals surface area contributed by atoms with Gasteiger partial charge in [-0.3, -0.25) is 0 Å². The summed E-state index contributed by atoms with van der Waals surface area (Å²) in [4.78, 5) is 0. The zero-order chi connectivity index (χ0) is 22.5. The Morgan fingerprint density at radius 1 is 0.871 bits per heavy atom. The van der Waals surface area contributed by atoms with Crippen molar-refractivity contribution >= 4 is 25.8 Å². The predicted octanol–water partition coefficient (Wildman–Crippen LogP) is 4.51. The average molecular weight is 473 g/mol. The fourth-order valence-corrected chi connectivity index (χ4v) is 10.7. The van der Waals surface area contributed by atoms with Crippen LogP contribution in [0.5, 0.6) is 0 Å². The Morgan fingerprint density at radius 2 is 1.39 bits per heavy atom. The summed E-state index contributed by atoms with van der Waals surface area (Å²) in [6, 6.07) is 0.213. The summed E-state index contributed by atoms with van der Waals surface area (Å²) in [6.07, 6.45) is 14.0. The molecule has 6 nitrogen and oxygen atoms in total. The van der Waals surface area contributed by atoms with Crippen LogP contribution in [0.3, 0.4) is 0 Å². The first-order chi connectivity index (χ1) is 14.5. The normalized spacial score (nSPS) is 34.1. The van der Waals surface area contributed by atoms with Crippen molar-refractivity contribution < 1.29 is 16.8 Å². The van der Waals surface area contributed by atoms with Crippen molar-refractivity contribution in [2.75, 3.05) is 12.0 Å². The van der Waals surface area contributed by atoms with Gasteiger partial charge in [0, 0.05) is 23.2 Å². The van der Waals surface area contributed by atoms with Crippen molar-refractivity contribution in [3.05, 3.63) is 0 Å². The van der Waals surface area contributed by atoms with E-state index in [4.69, 9.17) is 0 Å². The van der Waals surface area contributed by atoms with E-state index in [0.29, 0.717) is 18.1 Å². The molecule has 4 aliphatic rings. The zero-order valence-corrected chi connectivity index (χ0v) is 21.1. The van der Waals surface area contributed by atoms with Crippen LogP contribution in [0.2, 0.25) is 0 Å². The van der Waals surface area contributed by atoms with Crippen LogP contribution in [-0.2, 0) is 20.0 Å². The van der Waals surface area contributed by atoms with Gasteiger partial charge < -0.3 is 0 Å². The van der Waals surface area contributed by atoms with Crippen LogP contribution in [0.1, 0.15) is 97.3 Å². The molecule has 2 unspecified atom stereocenters. The van der Waals surface area contributed by atoms with Crippen molar-refractivity contribution in [2.24, 2.45) is 21.1 Å². The van der Waals surface area contributed by atoms with Crippen molar-refractivity contribution in [1.29, 1.82) is 0 Å². The van der Waals surface area contributed by atoms with E-state index in [1.165, 1.54) is 12.8 Å². The Morgan fingerprint density at radius 3 is 1.84 bits per heavy atom. The summed E-state index contributed by atoms with van der Waals surface area (Å²) in [6.45, 7) is 4.27. The minimum absolute atomic E-state index is 0.0187. The summed E-state index contributed by atoms with van der Waals surface area (Å²) in [5, 5.41) is 0. The molecule has 0 aliphatic heterocycles. The lowest BCUT2D eigenvalue weighted by Gasteiger charge is -2.44. The fourth-order valence-electron chi connectivity index (χ4n) is 7.27. The molecule has 0 N–H and O–H groups in total. The van der Waals surface area contributed by atoms with E-state index < -0.39 is 25.5 Å². The number of fused-ring (bicyclic) bond motifs is 2. The van der Waals surface area contributed by atoms with Gasteiger partial charge in [0.25, 0.3) is 0 Å². The summed E-state index contributed by atoms with van der Waals surface area (Å²) in [5.41, 5.74) is -0.303. The number of hydrogen-bond donors (Lipinski definition) is 0. The highest BCUT2D eigenvalue weighted by Gasteiger charge is 2.65. The van der Waals surface area contributed by atoms with Gasteiger partial charge in [-0.15, -0.1) is 0 Å². The van der Waals surface area contributed by atoms with Crippen molar-refractivity contribution in [2.45, 2.75) is 109 Å². The molecule has 0 aromatic heterocycles. The van der Waals surface area contributed by atoms with E-state index in [0.717, 1.165) is 70.5 Å². The van der Waals surface area contributed by atoms with E-state index in [2.05, 4.69) is 18.2 Å². The molecule has 4 fully saturated rings. The maximum atomic E-state index is 14.2. The molecule has 178 valence electrons. The first-order valence-electron chi connectivity index (χ1n) is 12.3. The molecule has 0 heterocycles. The van der Waals surface area contributed by atoms with E-state index in [1.807, 2.05) is 4.31 Å². The molecule has 4 rings (SSSR count). The number of nitrogens with zero attached hydrogens (tertiary/aromatic N) is 2. The van der Waals surface area contributed by atoms with Crippen molar-refractivity contribution in [1.82, 2.24) is 4.31 Å². The predicted molar refractivity (Wildman–Crippen MR) is 125 cm³/mol. The van der Waals surface area contributed by atoms with Crippen LogP contribution < -0.4 is 0 Å². The van der Waals surface area contributed by atoms with E-state index in [9.17, 15) is 16.8 Å². The fraction of sp³-hybridized carbons (Fsp3) is 0.957. The highest BCUT2D eigenvalue weighted by Crippen LogP contribution is 2.65. The van der Waals surface area contributed by atoms with Gasteiger partial charge in [0.05, 0.1) is 12.0 Å². The largest absolute Gasteiger partial charge is 0.250 e. The summed E-state index contributed by atoms with van der Waals surface area (Å²) < 4.78 is 58.6. The monoisotopic (exact) mass is 472 g/mol. The molecule has 8 heteroatoms. The lowest BCUT2D eigenvalue weighted by Crippen LogP contribution is -2.53. The second-order valence-corrected chi connectivity index (χ2v) is 14.7. The molecule has 4 aliphatic carbocycles. The standard InChI is InChI=1S/C23H40N2O4S2/c1-22(2)18-14-15-23(22,21(16-18)24-30(3,26)27)17-31(28,29)25(19-10-6-4-7-11-19)20-12-8-5-9-13-20/h18-20H,4-17H2,1-3H3/b24-21+. The van der Waals surface area contributed by atoms with Crippen LogP contribution >= 0.6 is 0 Å². The average Bonchev–Trinajstić information content (AvgIpc) is 3.03. The summed E-state index contributed by atoms with van der Waals surface area (Å²) >= 11 is 0. The molecule has 4 saturated carbocycles. The SMILES string of the molecule is CC1(C)C2CCC1(CS(=O)(=O)N(C1CCCCC1)C1CCCCC1)/C(=N/S(C)(=O)=O)C2. The van der Waals surface area contributed by atoms with Crippen LogP contribution in [0.4, 0.5) is 0 Å². The van der Waals surface area contributed by atoms with Crippen LogP contribution in [0, 0.1) is 16.7 Å². The van der Waals surface area contributed by atoms with Gasteiger partial charge in [0.2, 0.25) is 20.0 Å². The third-order valence-electron chi connectivity index (χ3n) is 9.06. The quantitative estimate of drug-likeness (QED) is 0.569. The van der Waals surface area contributed by atoms with E-state index >= 15 is 0 Å². The molecule has 0 radical (unpaired) electrons. The van der Waals surface area contributed by atoms with Gasteiger partial charge in [-0.2, -0.15) is 8.70 Å². The minimum Gasteiger partial charge on any atom is -0.212 e. The molecule has 2 bridgehead atoms. The molecule has 0 amide bonds. The maximum Gasteiger partial charge on any atom is 0.250 e. The molecule has 0 spiro atoms. The van der Waals surface area contributed by atoms with Crippen LogP contribution in [0.25, 0.3) is 0 Å². The molecular weight excluding hydrogens is 432 g/mol. The lowest BCUT2D eigenvalue weighted by atomic mass is 9.70. The van der Waals surface area contributed by atoms with Gasteiger partial charge in [-0.1, -0.05) is 52.4 Å². The van der Waals surface area contributed by atoms with Crippen LogP contribution in [-0.4, -0.2) is 50.9 Å². The number of rotatable bonds is 6. The van der Waals surface area contributed by atoms with Gasteiger partial charge >= 0.3 is 0 Å². The molecule has 0 saturated heterocycles. The highest BCUT2D eigenvalue weighted by molar-refractivity contribution is 7.89. The lowest BCUT2D eigenvalue weighted by molar-refractivity contribution is 0.160. The second kappa shape index (κ2) is 8.39. The Bertz CT molecular complexity index is 895. The first-order valence-corrected chi connectivity index (χ1v) is 15.7. The Kier molecular flexibility index (Phi) is 6.41. The smallest absolute Gasteiger partial charge is 0.212 e. The zero-order valence-electron chi connectivity index (χ0n) is 19.5. The topological polar surface area (TPSA) is 83.9 Å². The molecule has 2 atom stereocenters. The van der Waals surface area contributed by atoms with Gasteiger partial charge in [-0.25, -0.2) is 16.8 Å². The molecule has 31 heavy (non-hydrogen) atoms. The molecule has 0 aromatic carbocycles. The van der Waals surface area contributed by atoms with E-state index in [-0.39, 0.29) is 23.3 Å². The number of hydrogen-bond acceptors (Lipinski definition) is 4. The van der Waals surface area contributed by atoms with Gasteiger partial charge in [0.1, 0.15) is 0 Å². The van der Waals surface area contributed by atoms with Crippen molar-refractivity contribution in [3.8, 4) is 0 Å². The third kappa shape index (κ3) is 4.37.